The summed E-state index contributed by atoms with van der Waals surface area (Å²) in [6.07, 6.45) is 2.39. The molecule has 0 bridgehead atoms. The number of carbonyl (C=O) groups is 1. The van der Waals surface area contributed by atoms with Gasteiger partial charge in [-0.25, -0.2) is 0 Å². The number of hydrogen-bond donors (Lipinski definition) is 1. The standard InChI is InChI=1S/C14H13N3O4/c1-21-13-4-2-10(3-5-13)7-16-14(18)11-6-12(17(19)20)9-15-8-11/h2-6,8-9H,7H2,1H3,(H,16,18). The molecule has 1 aromatic carbocycles. The van der Waals surface area contributed by atoms with E-state index in [0.717, 1.165) is 17.5 Å². The number of amides is 1. The molecule has 108 valence electrons. The molecule has 0 fully saturated rings. The molecule has 0 spiro atoms. The predicted molar refractivity (Wildman–Crippen MR) is 75.1 cm³/mol. The number of hydrogen-bond acceptors (Lipinski definition) is 5. The van der Waals surface area contributed by atoms with Crippen molar-refractivity contribution >= 4 is 11.6 Å². The quantitative estimate of drug-likeness (QED) is 0.669. The van der Waals surface area contributed by atoms with Crippen LogP contribution in [0.1, 0.15) is 15.9 Å². The van der Waals surface area contributed by atoms with Crippen LogP contribution in [-0.2, 0) is 6.54 Å². The average Bonchev–Trinajstić information content (AvgIpc) is 2.53. The van der Waals surface area contributed by atoms with E-state index >= 15 is 0 Å². The molecule has 1 amide bonds. The third kappa shape index (κ3) is 3.75. The van der Waals surface area contributed by atoms with Gasteiger partial charge >= 0.3 is 0 Å². The van der Waals surface area contributed by atoms with E-state index in [-0.39, 0.29) is 11.3 Å². The minimum Gasteiger partial charge on any atom is -0.497 e. The molecule has 0 aliphatic rings. The zero-order valence-corrected chi connectivity index (χ0v) is 11.3. The van der Waals surface area contributed by atoms with E-state index in [1.165, 1.54) is 12.3 Å². The van der Waals surface area contributed by atoms with Gasteiger partial charge < -0.3 is 10.1 Å². The Morgan fingerprint density at radius 3 is 2.67 bits per heavy atom. The molecule has 7 nitrogen and oxygen atoms in total. The summed E-state index contributed by atoms with van der Waals surface area (Å²) >= 11 is 0. The van der Waals surface area contributed by atoms with Crippen LogP contribution in [0.2, 0.25) is 0 Å². The smallest absolute Gasteiger partial charge is 0.288 e. The molecule has 1 aromatic heterocycles. The topological polar surface area (TPSA) is 94.4 Å². The zero-order chi connectivity index (χ0) is 15.2. The van der Waals surface area contributed by atoms with Crippen LogP contribution in [0.4, 0.5) is 5.69 Å². The lowest BCUT2D eigenvalue weighted by Gasteiger charge is -2.06. The minimum atomic E-state index is -0.590. The number of carbonyl (C=O) groups excluding carboxylic acids is 1. The summed E-state index contributed by atoms with van der Waals surface area (Å²) in [4.78, 5) is 25.7. The van der Waals surface area contributed by atoms with Crippen molar-refractivity contribution in [2.45, 2.75) is 6.54 Å². The highest BCUT2D eigenvalue weighted by atomic mass is 16.6. The maximum absolute atomic E-state index is 11.9. The Kier molecular flexibility index (Phi) is 4.45. The molecule has 21 heavy (non-hydrogen) atoms. The fraction of sp³-hybridized carbons (Fsp3) is 0.143. The molecule has 0 saturated carbocycles. The lowest BCUT2D eigenvalue weighted by atomic mass is 10.2. The monoisotopic (exact) mass is 287 g/mol. The maximum Gasteiger partial charge on any atom is 0.288 e. The molecule has 0 radical (unpaired) electrons. The molecule has 2 aromatic rings. The number of rotatable bonds is 5. The number of ether oxygens (including phenoxy) is 1. The Hall–Kier alpha value is -2.96. The van der Waals surface area contributed by atoms with Gasteiger partial charge in [-0.1, -0.05) is 12.1 Å². The van der Waals surface area contributed by atoms with E-state index in [1.54, 1.807) is 19.2 Å². The fourth-order valence-corrected chi connectivity index (χ4v) is 1.68. The second-order valence-electron chi connectivity index (χ2n) is 4.22. The van der Waals surface area contributed by atoms with E-state index in [4.69, 9.17) is 4.74 Å². The number of aromatic nitrogens is 1. The number of nitrogens with zero attached hydrogens (tertiary/aromatic N) is 2. The van der Waals surface area contributed by atoms with Gasteiger partial charge in [0.1, 0.15) is 11.9 Å². The van der Waals surface area contributed by atoms with Crippen molar-refractivity contribution in [3.63, 3.8) is 0 Å². The number of nitrogens with one attached hydrogen (secondary N) is 1. The number of methoxy groups -OCH3 is 1. The summed E-state index contributed by atoms with van der Waals surface area (Å²) in [7, 11) is 1.58. The third-order valence-electron chi connectivity index (χ3n) is 2.81. The molecule has 0 aliphatic heterocycles. The summed E-state index contributed by atoms with van der Waals surface area (Å²) in [5.74, 6) is 0.315. The highest BCUT2D eigenvalue weighted by molar-refractivity contribution is 5.94. The van der Waals surface area contributed by atoms with E-state index in [9.17, 15) is 14.9 Å². The first-order chi connectivity index (χ1) is 10.1. The first kappa shape index (κ1) is 14.4. The van der Waals surface area contributed by atoms with Gasteiger partial charge in [0.25, 0.3) is 11.6 Å². The van der Waals surface area contributed by atoms with Gasteiger partial charge in [0.15, 0.2) is 0 Å². The normalized spacial score (nSPS) is 9.95. The molecule has 0 unspecified atom stereocenters. The summed E-state index contributed by atoms with van der Waals surface area (Å²) < 4.78 is 5.04. The maximum atomic E-state index is 11.9. The van der Waals surface area contributed by atoms with E-state index in [1.807, 2.05) is 12.1 Å². The molecule has 0 atom stereocenters. The van der Waals surface area contributed by atoms with E-state index in [2.05, 4.69) is 10.3 Å². The van der Waals surface area contributed by atoms with Gasteiger partial charge in [-0.2, -0.15) is 0 Å². The molecule has 7 heteroatoms. The van der Waals surface area contributed by atoms with Crippen LogP contribution in [0.25, 0.3) is 0 Å². The van der Waals surface area contributed by atoms with Crippen LogP contribution in [0, 0.1) is 10.1 Å². The molecular formula is C14H13N3O4. The van der Waals surface area contributed by atoms with E-state index < -0.39 is 10.8 Å². The third-order valence-corrected chi connectivity index (χ3v) is 2.81. The van der Waals surface area contributed by atoms with Crippen LogP contribution < -0.4 is 10.1 Å². The van der Waals surface area contributed by atoms with Crippen molar-refractivity contribution in [2.24, 2.45) is 0 Å². The highest BCUT2D eigenvalue weighted by Crippen LogP contribution is 2.12. The van der Waals surface area contributed by atoms with Gasteiger partial charge in [-0.15, -0.1) is 0 Å². The Labute approximate surface area is 120 Å². The predicted octanol–water partition coefficient (Wildman–Crippen LogP) is 1.93. The van der Waals surface area contributed by atoms with Gasteiger partial charge in [-0.05, 0) is 17.7 Å². The summed E-state index contributed by atoms with van der Waals surface area (Å²) in [6.45, 7) is 0.311. The van der Waals surface area contributed by atoms with Crippen LogP contribution in [0.15, 0.2) is 42.7 Å². The molecule has 2 rings (SSSR count). The molecular weight excluding hydrogens is 274 g/mol. The summed E-state index contributed by atoms with van der Waals surface area (Å²) in [5.41, 5.74) is 0.826. The van der Waals surface area contributed by atoms with E-state index in [0.29, 0.717) is 6.54 Å². The summed E-state index contributed by atoms with van der Waals surface area (Å²) in [5, 5.41) is 13.3. The lowest BCUT2D eigenvalue weighted by molar-refractivity contribution is -0.385. The zero-order valence-electron chi connectivity index (χ0n) is 11.3. The minimum absolute atomic E-state index is 0.151. The SMILES string of the molecule is COc1ccc(CNC(=O)c2cncc([N+](=O)[O-])c2)cc1. The van der Waals surface area contributed by atoms with Crippen molar-refractivity contribution < 1.29 is 14.5 Å². The van der Waals surface area contributed by atoms with Crippen molar-refractivity contribution in [2.75, 3.05) is 7.11 Å². The van der Waals surface area contributed by atoms with Gasteiger partial charge in [0.2, 0.25) is 0 Å². The molecule has 1 N–H and O–H groups in total. The fourth-order valence-electron chi connectivity index (χ4n) is 1.68. The number of pyridine rings is 1. The van der Waals surface area contributed by atoms with Crippen LogP contribution in [-0.4, -0.2) is 22.9 Å². The largest absolute Gasteiger partial charge is 0.497 e. The Morgan fingerprint density at radius 1 is 1.33 bits per heavy atom. The van der Waals surface area contributed by atoms with Gasteiger partial charge in [-0.3, -0.25) is 19.9 Å². The van der Waals surface area contributed by atoms with Crippen LogP contribution >= 0.6 is 0 Å². The van der Waals surface area contributed by atoms with Gasteiger partial charge in [0, 0.05) is 18.8 Å². The average molecular weight is 287 g/mol. The van der Waals surface area contributed by atoms with Crippen LogP contribution in [0.3, 0.4) is 0 Å². The second kappa shape index (κ2) is 6.47. The Morgan fingerprint density at radius 2 is 2.05 bits per heavy atom. The van der Waals surface area contributed by atoms with Crippen molar-refractivity contribution in [3.05, 3.63) is 64.0 Å². The Balaban J connectivity index is 2.00. The van der Waals surface area contributed by atoms with Crippen LogP contribution in [0.5, 0.6) is 5.75 Å². The first-order valence-electron chi connectivity index (χ1n) is 6.10. The first-order valence-corrected chi connectivity index (χ1v) is 6.10. The molecule has 1 heterocycles. The lowest BCUT2D eigenvalue weighted by Crippen LogP contribution is -2.23. The molecule has 0 saturated heterocycles. The van der Waals surface area contributed by atoms with Crippen molar-refractivity contribution in [1.82, 2.24) is 10.3 Å². The number of benzene rings is 1. The Bertz CT molecular complexity index is 656. The highest BCUT2D eigenvalue weighted by Gasteiger charge is 2.12. The van der Waals surface area contributed by atoms with Gasteiger partial charge in [0.05, 0.1) is 17.6 Å². The number of nitro groups is 1. The van der Waals surface area contributed by atoms with Crippen molar-refractivity contribution in [1.29, 1.82) is 0 Å². The molecule has 0 aliphatic carbocycles. The van der Waals surface area contributed by atoms with Crippen molar-refractivity contribution in [3.8, 4) is 5.75 Å². The summed E-state index contributed by atoms with van der Waals surface area (Å²) in [6, 6.07) is 8.42. The second-order valence-corrected chi connectivity index (χ2v) is 4.22.